The Bertz CT molecular complexity index is 727. The largest absolute Gasteiger partial charge is 0.463 e. The summed E-state index contributed by atoms with van der Waals surface area (Å²) in [5.74, 6) is -4.39. The molecule has 202 valence electrons. The molecule has 0 aromatic rings. The van der Waals surface area contributed by atoms with E-state index in [2.05, 4.69) is 0 Å². The molecule has 2 heterocycles. The molecule has 11 heteroatoms. The lowest BCUT2D eigenvalue weighted by Gasteiger charge is -2.29. The minimum Gasteiger partial charge on any atom is -0.463 e. The van der Waals surface area contributed by atoms with Crippen molar-refractivity contribution in [2.45, 2.75) is 69.7 Å². The average Bonchev–Trinajstić information content (AvgIpc) is 3.82. The number of hydrogen-bond acceptors (Lipinski definition) is 11. The Balaban J connectivity index is 1.18. The molecule has 0 aromatic carbocycles. The third-order valence-electron chi connectivity index (χ3n) is 7.21. The molecule has 4 fully saturated rings. The number of esters is 4. The Kier molecular flexibility index (Phi) is 9.55. The summed E-state index contributed by atoms with van der Waals surface area (Å²) < 4.78 is 31.2. The number of hydrogen-bond donors (Lipinski definition) is 1. The molecule has 6 atom stereocenters. The number of carbonyl (C=O) groups is 4. The van der Waals surface area contributed by atoms with Gasteiger partial charge in [0.2, 0.25) is 0 Å². The van der Waals surface area contributed by atoms with Crippen LogP contribution in [0.2, 0.25) is 0 Å². The standard InChI is InChI=1S/C25H36O11/c26-15(9-33-22(27)18-5-1-3-7-20(18)24(29)35-13-16-11-31-16)10-34-23(28)19-6-2-4-8-21(19)25(30)36-14-17-12-32-17/h15-21,26H,1-14H2. The van der Waals surface area contributed by atoms with Gasteiger partial charge in [0.1, 0.15) is 44.7 Å². The molecule has 0 bridgehead atoms. The summed E-state index contributed by atoms with van der Waals surface area (Å²) in [7, 11) is 0. The number of epoxide rings is 2. The SMILES string of the molecule is O=C(OCC(O)COC(=O)C1CCCCC1C(=O)OCC1CO1)C1CCCCC1C(=O)OCC1CO1. The van der Waals surface area contributed by atoms with E-state index in [0.717, 1.165) is 25.7 Å². The molecular weight excluding hydrogens is 476 g/mol. The highest BCUT2D eigenvalue weighted by Gasteiger charge is 2.40. The van der Waals surface area contributed by atoms with Gasteiger partial charge >= 0.3 is 23.9 Å². The van der Waals surface area contributed by atoms with E-state index in [4.69, 9.17) is 28.4 Å². The van der Waals surface area contributed by atoms with E-state index >= 15 is 0 Å². The highest BCUT2D eigenvalue weighted by molar-refractivity contribution is 5.83. The summed E-state index contributed by atoms with van der Waals surface area (Å²) in [5.41, 5.74) is 0. The summed E-state index contributed by atoms with van der Waals surface area (Å²) in [6.45, 7) is 0.807. The average molecular weight is 513 g/mol. The lowest BCUT2D eigenvalue weighted by Crippen LogP contribution is -2.38. The molecule has 11 nitrogen and oxygen atoms in total. The second-order valence-electron chi connectivity index (χ2n) is 10.1. The van der Waals surface area contributed by atoms with Crippen molar-refractivity contribution in [3.63, 3.8) is 0 Å². The highest BCUT2D eigenvalue weighted by Crippen LogP contribution is 2.33. The maximum Gasteiger partial charge on any atom is 0.309 e. The Labute approximate surface area is 210 Å². The van der Waals surface area contributed by atoms with Gasteiger partial charge in [0.25, 0.3) is 0 Å². The summed E-state index contributed by atoms with van der Waals surface area (Å²) in [6, 6.07) is 0. The van der Waals surface area contributed by atoms with Gasteiger partial charge in [-0.25, -0.2) is 0 Å². The smallest absolute Gasteiger partial charge is 0.309 e. The van der Waals surface area contributed by atoms with Crippen molar-refractivity contribution in [2.75, 3.05) is 39.6 Å². The maximum absolute atomic E-state index is 12.7. The molecule has 0 aromatic heterocycles. The van der Waals surface area contributed by atoms with Crippen LogP contribution < -0.4 is 0 Å². The van der Waals surface area contributed by atoms with Crippen LogP contribution in [0.4, 0.5) is 0 Å². The summed E-state index contributed by atoms with van der Waals surface area (Å²) in [4.78, 5) is 50.2. The molecule has 0 radical (unpaired) electrons. The van der Waals surface area contributed by atoms with Crippen molar-refractivity contribution in [3.8, 4) is 0 Å². The first-order valence-electron chi connectivity index (χ1n) is 13.0. The van der Waals surface area contributed by atoms with Gasteiger partial charge in [-0.1, -0.05) is 25.7 Å². The van der Waals surface area contributed by atoms with Gasteiger partial charge in [0, 0.05) is 0 Å². The minimum absolute atomic E-state index is 0.0484. The van der Waals surface area contributed by atoms with Gasteiger partial charge in [0.15, 0.2) is 0 Å². The maximum atomic E-state index is 12.7. The molecule has 2 aliphatic carbocycles. The Morgan fingerprint density at radius 3 is 1.22 bits per heavy atom. The fourth-order valence-electron chi connectivity index (χ4n) is 4.90. The first kappa shape index (κ1) is 26.8. The third-order valence-corrected chi connectivity index (χ3v) is 7.21. The van der Waals surface area contributed by atoms with Crippen LogP contribution in [-0.2, 0) is 47.6 Å². The van der Waals surface area contributed by atoms with Crippen molar-refractivity contribution in [1.82, 2.24) is 0 Å². The summed E-state index contributed by atoms with van der Waals surface area (Å²) in [5, 5.41) is 10.2. The van der Waals surface area contributed by atoms with E-state index in [9.17, 15) is 24.3 Å². The summed E-state index contributed by atoms with van der Waals surface area (Å²) in [6.07, 6.45) is 4.04. The van der Waals surface area contributed by atoms with Gasteiger partial charge in [-0.2, -0.15) is 0 Å². The molecular formula is C25H36O11. The predicted octanol–water partition coefficient (Wildman–Crippen LogP) is 0.931. The van der Waals surface area contributed by atoms with Crippen LogP contribution >= 0.6 is 0 Å². The van der Waals surface area contributed by atoms with Crippen LogP contribution in [0.3, 0.4) is 0 Å². The molecule has 6 unspecified atom stereocenters. The predicted molar refractivity (Wildman–Crippen MR) is 120 cm³/mol. The number of aliphatic hydroxyl groups excluding tert-OH is 1. The minimum atomic E-state index is -1.22. The number of carbonyl (C=O) groups excluding carboxylic acids is 4. The fraction of sp³-hybridized carbons (Fsp3) is 0.840. The number of aliphatic hydroxyl groups is 1. The van der Waals surface area contributed by atoms with E-state index in [-0.39, 0.29) is 38.6 Å². The van der Waals surface area contributed by atoms with E-state index in [1.54, 1.807) is 0 Å². The van der Waals surface area contributed by atoms with Crippen molar-refractivity contribution in [3.05, 3.63) is 0 Å². The van der Waals surface area contributed by atoms with E-state index < -0.39 is 53.7 Å². The molecule has 36 heavy (non-hydrogen) atoms. The first-order chi connectivity index (χ1) is 17.4. The lowest BCUT2D eigenvalue weighted by atomic mass is 9.79. The number of ether oxygens (including phenoxy) is 6. The topological polar surface area (TPSA) is 150 Å². The molecule has 2 saturated carbocycles. The monoisotopic (exact) mass is 512 g/mol. The van der Waals surface area contributed by atoms with Gasteiger partial charge < -0.3 is 33.5 Å². The second-order valence-corrected chi connectivity index (χ2v) is 10.1. The Morgan fingerprint density at radius 1 is 0.611 bits per heavy atom. The molecule has 0 spiro atoms. The lowest BCUT2D eigenvalue weighted by molar-refractivity contribution is -0.168. The molecule has 4 aliphatic rings. The zero-order valence-corrected chi connectivity index (χ0v) is 20.5. The molecule has 1 N–H and O–H groups in total. The summed E-state index contributed by atoms with van der Waals surface area (Å²) >= 11 is 0. The second kappa shape index (κ2) is 12.8. The first-order valence-corrected chi connectivity index (χ1v) is 13.0. The Morgan fingerprint density at radius 2 is 0.917 bits per heavy atom. The molecule has 2 aliphatic heterocycles. The van der Waals surface area contributed by atoms with Crippen LogP contribution in [0.5, 0.6) is 0 Å². The van der Waals surface area contributed by atoms with Crippen molar-refractivity contribution < 1.29 is 52.7 Å². The van der Waals surface area contributed by atoms with Crippen LogP contribution in [-0.4, -0.2) is 86.9 Å². The van der Waals surface area contributed by atoms with Gasteiger partial charge in [0.05, 0.1) is 36.9 Å². The van der Waals surface area contributed by atoms with Gasteiger partial charge in [-0.3, -0.25) is 19.2 Å². The Hall–Kier alpha value is -2.24. The van der Waals surface area contributed by atoms with E-state index in [1.807, 2.05) is 0 Å². The third kappa shape index (κ3) is 7.88. The highest BCUT2D eigenvalue weighted by atomic mass is 16.6. The number of rotatable bonds is 12. The normalized spacial score (nSPS) is 32.0. The molecule has 0 amide bonds. The quantitative estimate of drug-likeness (QED) is 0.226. The van der Waals surface area contributed by atoms with Crippen molar-refractivity contribution in [2.24, 2.45) is 23.7 Å². The molecule has 2 saturated heterocycles. The fourth-order valence-corrected chi connectivity index (χ4v) is 4.90. The van der Waals surface area contributed by atoms with Crippen LogP contribution in [0, 0.1) is 23.7 Å². The molecule has 4 rings (SSSR count). The zero-order chi connectivity index (χ0) is 25.5. The van der Waals surface area contributed by atoms with Crippen LogP contribution in [0.15, 0.2) is 0 Å². The van der Waals surface area contributed by atoms with Crippen LogP contribution in [0.25, 0.3) is 0 Å². The van der Waals surface area contributed by atoms with Crippen LogP contribution in [0.1, 0.15) is 51.4 Å². The van der Waals surface area contributed by atoms with Crippen molar-refractivity contribution >= 4 is 23.9 Å². The van der Waals surface area contributed by atoms with E-state index in [0.29, 0.717) is 38.9 Å². The van der Waals surface area contributed by atoms with Gasteiger partial charge in [-0.05, 0) is 25.7 Å². The van der Waals surface area contributed by atoms with Crippen molar-refractivity contribution in [1.29, 1.82) is 0 Å². The van der Waals surface area contributed by atoms with Gasteiger partial charge in [-0.15, -0.1) is 0 Å². The zero-order valence-electron chi connectivity index (χ0n) is 20.5. The van der Waals surface area contributed by atoms with E-state index in [1.165, 1.54) is 0 Å².